The molecular weight excluding hydrogens is 340 g/mol. The van der Waals surface area contributed by atoms with Crippen LogP contribution in [0.3, 0.4) is 0 Å². The van der Waals surface area contributed by atoms with Crippen LogP contribution in [0.15, 0.2) is 29.4 Å². The van der Waals surface area contributed by atoms with E-state index in [-0.39, 0.29) is 22.8 Å². The lowest BCUT2D eigenvalue weighted by molar-refractivity contribution is 0.101. The number of benzene rings is 1. The molecule has 4 nitrogen and oxygen atoms in total. The molecule has 0 aromatic heterocycles. The van der Waals surface area contributed by atoms with E-state index >= 15 is 0 Å². The molecule has 0 bridgehead atoms. The average molecular weight is 370 g/mol. The number of ketones is 1. The number of phenolic OH excluding ortho intramolecular Hbond substituents is 2. The number of phenols is 2. The first-order valence-corrected chi connectivity index (χ1v) is 9.32. The average Bonchev–Trinajstić information content (AvgIpc) is 2.53. The van der Waals surface area contributed by atoms with E-state index in [9.17, 15) is 15.0 Å². The Hall–Kier alpha value is -2.49. The van der Waals surface area contributed by atoms with E-state index in [0.717, 1.165) is 18.4 Å². The summed E-state index contributed by atoms with van der Waals surface area (Å²) in [7, 11) is 0. The summed E-state index contributed by atoms with van der Waals surface area (Å²) in [5, 5.41) is 21.3. The fraction of sp³-hybridized carbons (Fsp3) is 0.435. The summed E-state index contributed by atoms with van der Waals surface area (Å²) in [5.41, 5.74) is 2.74. The van der Waals surface area contributed by atoms with E-state index in [1.165, 1.54) is 12.5 Å². The molecule has 27 heavy (non-hydrogen) atoms. The minimum Gasteiger partial charge on any atom is -0.507 e. The summed E-state index contributed by atoms with van der Waals surface area (Å²) in [5.74, 6) is -0.344. The Morgan fingerprint density at radius 3 is 2.26 bits per heavy atom. The van der Waals surface area contributed by atoms with Crippen molar-refractivity contribution in [2.24, 2.45) is 0 Å². The van der Waals surface area contributed by atoms with Crippen LogP contribution < -0.4 is 4.74 Å². The monoisotopic (exact) mass is 370 g/mol. The van der Waals surface area contributed by atoms with Crippen LogP contribution in [0, 0.1) is 0 Å². The molecule has 0 saturated carbocycles. The van der Waals surface area contributed by atoms with Crippen LogP contribution in [0.5, 0.6) is 17.2 Å². The van der Waals surface area contributed by atoms with Gasteiger partial charge < -0.3 is 14.9 Å². The highest BCUT2D eigenvalue weighted by atomic mass is 16.5. The van der Waals surface area contributed by atoms with Crippen molar-refractivity contribution >= 4 is 11.9 Å². The summed E-state index contributed by atoms with van der Waals surface area (Å²) < 4.78 is 6.28. The highest BCUT2D eigenvalue weighted by molar-refractivity contribution is 6.02. The molecule has 1 aliphatic heterocycles. The van der Waals surface area contributed by atoms with Crippen molar-refractivity contribution in [3.8, 4) is 17.2 Å². The zero-order valence-electron chi connectivity index (χ0n) is 17.1. The van der Waals surface area contributed by atoms with Crippen LogP contribution >= 0.6 is 0 Å². The number of ether oxygens (including phenoxy) is 1. The number of Topliss-reactive ketones (excluding diaryl/α,β-unsaturated/α-hetero) is 1. The molecular formula is C23H30O4. The smallest absolute Gasteiger partial charge is 0.167 e. The zero-order chi connectivity index (χ0) is 20.4. The lowest BCUT2D eigenvalue weighted by Crippen LogP contribution is -2.32. The Morgan fingerprint density at radius 1 is 1.07 bits per heavy atom. The van der Waals surface area contributed by atoms with Crippen LogP contribution in [0.2, 0.25) is 0 Å². The van der Waals surface area contributed by atoms with E-state index in [4.69, 9.17) is 4.74 Å². The molecule has 1 aliphatic rings. The van der Waals surface area contributed by atoms with Gasteiger partial charge in [-0.1, -0.05) is 23.3 Å². The molecule has 1 unspecified atom stereocenters. The van der Waals surface area contributed by atoms with Gasteiger partial charge in [0.25, 0.3) is 0 Å². The minimum absolute atomic E-state index is 0.0488. The van der Waals surface area contributed by atoms with Gasteiger partial charge in [0, 0.05) is 5.56 Å². The third kappa shape index (κ3) is 4.62. The van der Waals surface area contributed by atoms with Gasteiger partial charge >= 0.3 is 0 Å². The lowest BCUT2D eigenvalue weighted by Gasteiger charge is -2.33. The van der Waals surface area contributed by atoms with Gasteiger partial charge in [0.2, 0.25) is 0 Å². The number of allylic oxidation sites excluding steroid dienone is 4. The predicted molar refractivity (Wildman–Crippen MR) is 110 cm³/mol. The van der Waals surface area contributed by atoms with Crippen molar-refractivity contribution in [2.75, 3.05) is 0 Å². The van der Waals surface area contributed by atoms with Gasteiger partial charge in [0.1, 0.15) is 28.4 Å². The second-order valence-corrected chi connectivity index (χ2v) is 7.90. The number of aromatic hydroxyl groups is 2. The maximum Gasteiger partial charge on any atom is 0.167 e. The van der Waals surface area contributed by atoms with Gasteiger partial charge in [-0.25, -0.2) is 0 Å². The molecule has 2 N–H and O–H groups in total. The highest BCUT2D eigenvalue weighted by Gasteiger charge is 2.33. The Balaban J connectivity index is 2.56. The number of rotatable bonds is 6. The Morgan fingerprint density at radius 2 is 1.70 bits per heavy atom. The minimum atomic E-state index is -0.546. The number of fused-ring (bicyclic) bond motifs is 1. The molecule has 1 heterocycles. The van der Waals surface area contributed by atoms with Crippen molar-refractivity contribution in [3.05, 3.63) is 46.1 Å². The fourth-order valence-electron chi connectivity index (χ4n) is 3.18. The van der Waals surface area contributed by atoms with E-state index < -0.39 is 5.60 Å². The van der Waals surface area contributed by atoms with Crippen LogP contribution in [-0.2, 0) is 6.42 Å². The van der Waals surface area contributed by atoms with Crippen molar-refractivity contribution in [2.45, 2.75) is 66.4 Å². The maximum atomic E-state index is 12.0. The summed E-state index contributed by atoms with van der Waals surface area (Å²) in [6.45, 7) is 11.4. The molecule has 0 amide bonds. The molecule has 1 aromatic carbocycles. The van der Waals surface area contributed by atoms with Crippen LogP contribution in [-0.4, -0.2) is 21.6 Å². The van der Waals surface area contributed by atoms with E-state index in [1.54, 1.807) is 6.08 Å². The number of carbonyl (C=O) groups excluding carboxylic acids is 1. The summed E-state index contributed by atoms with van der Waals surface area (Å²) in [6, 6.07) is 0. The second kappa shape index (κ2) is 8.03. The van der Waals surface area contributed by atoms with Gasteiger partial charge in [0.15, 0.2) is 5.78 Å². The zero-order valence-corrected chi connectivity index (χ0v) is 17.1. The second-order valence-electron chi connectivity index (χ2n) is 7.90. The first-order chi connectivity index (χ1) is 12.6. The van der Waals surface area contributed by atoms with Gasteiger partial charge in [0.05, 0.1) is 5.56 Å². The molecule has 0 saturated heterocycles. The number of carbonyl (C=O) groups is 1. The van der Waals surface area contributed by atoms with Crippen LogP contribution in [0.1, 0.15) is 75.9 Å². The summed E-state index contributed by atoms with van der Waals surface area (Å²) in [6.07, 6.45) is 9.91. The number of hydrogen-bond acceptors (Lipinski definition) is 4. The Kier molecular flexibility index (Phi) is 6.19. The summed E-state index contributed by atoms with van der Waals surface area (Å²) in [4.78, 5) is 12.0. The van der Waals surface area contributed by atoms with Crippen molar-refractivity contribution in [1.82, 2.24) is 0 Å². The highest BCUT2D eigenvalue weighted by Crippen LogP contribution is 2.48. The van der Waals surface area contributed by atoms with Gasteiger partial charge in [-0.05, 0) is 73.0 Å². The third-order valence-corrected chi connectivity index (χ3v) is 4.73. The van der Waals surface area contributed by atoms with E-state index in [1.807, 2.05) is 32.9 Å². The molecule has 1 aromatic rings. The molecule has 0 spiro atoms. The quantitative estimate of drug-likeness (QED) is 0.496. The van der Waals surface area contributed by atoms with Crippen LogP contribution in [0.25, 0.3) is 6.08 Å². The van der Waals surface area contributed by atoms with E-state index in [2.05, 4.69) is 19.9 Å². The lowest BCUT2D eigenvalue weighted by atomic mass is 9.90. The van der Waals surface area contributed by atoms with E-state index in [0.29, 0.717) is 23.3 Å². The Labute approximate surface area is 161 Å². The normalized spacial score (nSPS) is 17.7. The Bertz CT molecular complexity index is 835. The van der Waals surface area contributed by atoms with Crippen LogP contribution in [0.4, 0.5) is 0 Å². The predicted octanol–water partition coefficient (Wildman–Crippen LogP) is 5.72. The maximum absolute atomic E-state index is 12.0. The first-order valence-electron chi connectivity index (χ1n) is 9.32. The molecule has 0 radical (unpaired) electrons. The molecule has 2 rings (SSSR count). The third-order valence-electron chi connectivity index (χ3n) is 4.73. The molecule has 1 atom stereocenters. The van der Waals surface area contributed by atoms with Crippen molar-refractivity contribution in [3.63, 3.8) is 0 Å². The summed E-state index contributed by atoms with van der Waals surface area (Å²) >= 11 is 0. The van der Waals surface area contributed by atoms with Gasteiger partial charge in [-0.15, -0.1) is 0 Å². The molecule has 4 heteroatoms. The SMILES string of the molecule is CC(=O)c1c(O)c2c(c(CC=C(C)C)c1O)OC(C)(CCC=C(C)C)C=C2. The van der Waals surface area contributed by atoms with Gasteiger partial charge in [-0.2, -0.15) is 0 Å². The largest absolute Gasteiger partial charge is 0.507 e. The van der Waals surface area contributed by atoms with Gasteiger partial charge in [-0.3, -0.25) is 4.79 Å². The topological polar surface area (TPSA) is 66.8 Å². The number of hydrogen-bond donors (Lipinski definition) is 2. The van der Waals surface area contributed by atoms with Crippen molar-refractivity contribution in [1.29, 1.82) is 0 Å². The standard InChI is InChI=1S/C23H30O4/c1-14(2)8-7-12-23(6)13-11-18-21(26)19(16(5)24)20(25)17(22(18)27-23)10-9-15(3)4/h8-9,11,13,25-26H,7,10,12H2,1-6H3. The molecule has 0 aliphatic carbocycles. The van der Waals surface area contributed by atoms with Crippen molar-refractivity contribution < 1.29 is 19.7 Å². The fourth-order valence-corrected chi connectivity index (χ4v) is 3.18. The molecule has 146 valence electrons. The first kappa shape index (κ1) is 20.8. The molecule has 0 fully saturated rings.